The minimum Gasteiger partial charge on any atom is -0.489 e. The van der Waals surface area contributed by atoms with Gasteiger partial charge in [0.05, 0.1) is 10.9 Å². The normalized spacial score (nSPS) is 14.2. The molecule has 3 heterocycles. The summed E-state index contributed by atoms with van der Waals surface area (Å²) in [6.45, 7) is 1.08. The Morgan fingerprint density at radius 1 is 0.649 bits per heavy atom. The zero-order valence-electron chi connectivity index (χ0n) is 31.8. The van der Waals surface area contributed by atoms with Gasteiger partial charge in [-0.2, -0.15) is 10.4 Å². The molecule has 0 spiro atoms. The summed E-state index contributed by atoms with van der Waals surface area (Å²) in [7, 11) is 0. The molecule has 2 saturated carbocycles. The number of rotatable bonds is 10. The molecule has 3 N–H and O–H groups in total. The third-order valence-electron chi connectivity index (χ3n) is 11.1. The number of hydrogen-bond donors (Lipinski definition) is 2. The molecule has 2 aliphatic rings. The summed E-state index contributed by atoms with van der Waals surface area (Å²) >= 11 is 6.35. The van der Waals surface area contributed by atoms with Crippen molar-refractivity contribution in [2.45, 2.75) is 76.4 Å². The Bertz CT molecular complexity index is 2450. The summed E-state index contributed by atoms with van der Waals surface area (Å²) in [5, 5.41) is 18.0. The zero-order chi connectivity index (χ0) is 39.0. The third kappa shape index (κ3) is 8.95. The number of nitriles is 1. The number of anilines is 1. The van der Waals surface area contributed by atoms with Crippen molar-refractivity contribution in [3.63, 3.8) is 0 Å². The van der Waals surface area contributed by atoms with Crippen molar-refractivity contribution >= 4 is 28.5 Å². The monoisotopic (exact) mass is 772 g/mol. The average molecular weight is 773 g/mol. The Balaban J connectivity index is 0.000000160. The largest absolute Gasteiger partial charge is 0.489 e. The van der Waals surface area contributed by atoms with E-state index in [2.05, 4.69) is 51.6 Å². The summed E-state index contributed by atoms with van der Waals surface area (Å²) in [4.78, 5) is 9.31. The van der Waals surface area contributed by atoms with E-state index >= 15 is 0 Å². The van der Waals surface area contributed by atoms with Crippen LogP contribution in [0.3, 0.4) is 0 Å². The van der Waals surface area contributed by atoms with Crippen LogP contribution in [-0.4, -0.2) is 20.2 Å². The first-order valence-electron chi connectivity index (χ1n) is 19.8. The maximum Gasteiger partial charge on any atom is 0.183 e. The van der Waals surface area contributed by atoms with Crippen molar-refractivity contribution in [3.8, 4) is 39.8 Å². The molecule has 2 fully saturated rings. The van der Waals surface area contributed by atoms with Gasteiger partial charge in [-0.25, -0.2) is 9.97 Å². The number of pyridine rings is 2. The fourth-order valence-electron chi connectivity index (χ4n) is 7.97. The van der Waals surface area contributed by atoms with Gasteiger partial charge in [0.15, 0.2) is 5.65 Å². The topological polar surface area (TPSA) is 123 Å². The first-order chi connectivity index (χ1) is 28.0. The van der Waals surface area contributed by atoms with Crippen molar-refractivity contribution in [2.75, 3.05) is 5.73 Å². The molecule has 286 valence electrons. The van der Waals surface area contributed by atoms with Crippen LogP contribution in [0.2, 0.25) is 5.15 Å². The van der Waals surface area contributed by atoms with E-state index in [1.54, 1.807) is 0 Å². The number of nitrogens with zero attached hydrogens (tertiary/aromatic N) is 4. The van der Waals surface area contributed by atoms with Crippen LogP contribution in [-0.2, 0) is 13.2 Å². The summed E-state index contributed by atoms with van der Waals surface area (Å²) in [6, 6.07) is 42.7. The van der Waals surface area contributed by atoms with Crippen LogP contribution in [0.15, 0.2) is 121 Å². The van der Waals surface area contributed by atoms with E-state index < -0.39 is 0 Å². The number of benzene rings is 4. The van der Waals surface area contributed by atoms with Gasteiger partial charge in [0, 0.05) is 28.8 Å². The summed E-state index contributed by atoms with van der Waals surface area (Å²) < 4.78 is 11.8. The van der Waals surface area contributed by atoms with Crippen LogP contribution in [0.1, 0.15) is 91.3 Å². The molecule has 4 aromatic carbocycles. The van der Waals surface area contributed by atoms with Crippen molar-refractivity contribution in [1.29, 1.82) is 5.26 Å². The lowest BCUT2D eigenvalue weighted by Gasteiger charge is -2.14. The van der Waals surface area contributed by atoms with Crippen LogP contribution < -0.4 is 15.2 Å². The Labute approximate surface area is 338 Å². The van der Waals surface area contributed by atoms with Gasteiger partial charge < -0.3 is 15.2 Å². The van der Waals surface area contributed by atoms with Gasteiger partial charge in [-0.3, -0.25) is 5.10 Å². The molecule has 0 saturated heterocycles. The minimum atomic E-state index is 0.298. The van der Waals surface area contributed by atoms with Gasteiger partial charge in [-0.1, -0.05) is 122 Å². The molecule has 8 nitrogen and oxygen atoms in total. The average Bonchev–Trinajstić information content (AvgIpc) is 4.07. The summed E-state index contributed by atoms with van der Waals surface area (Å²) in [6.07, 6.45) is 9.68. The molecule has 0 radical (unpaired) electrons. The predicted molar refractivity (Wildman–Crippen MR) is 227 cm³/mol. The molecule has 0 aliphatic heterocycles. The maximum atomic E-state index is 9.58. The molecular formula is C48H45ClN6O2. The molecule has 0 atom stereocenters. The van der Waals surface area contributed by atoms with Gasteiger partial charge in [0.1, 0.15) is 41.8 Å². The number of H-pyrrole nitrogens is 1. The number of aromatic nitrogens is 4. The molecular weight excluding hydrogens is 728 g/mol. The Kier molecular flexibility index (Phi) is 11.7. The number of halogens is 1. The zero-order valence-corrected chi connectivity index (χ0v) is 32.6. The van der Waals surface area contributed by atoms with Crippen molar-refractivity contribution in [1.82, 2.24) is 20.2 Å². The van der Waals surface area contributed by atoms with Crippen molar-refractivity contribution < 1.29 is 9.47 Å². The van der Waals surface area contributed by atoms with Crippen LogP contribution >= 0.6 is 11.6 Å². The lowest BCUT2D eigenvalue weighted by Crippen LogP contribution is -2.00. The van der Waals surface area contributed by atoms with Crippen LogP contribution in [0.4, 0.5) is 5.82 Å². The second kappa shape index (κ2) is 17.7. The standard InChI is InChI=1S/C24H21ClN2O.C24H24N4O/c25-24-22(15-26)21(14-23(27-24)19-8-4-5-9-19)18-10-12-20(13-11-18)28-16-17-6-2-1-3-7-17;25-23-22-20(14-21(18-8-4-5-9-18)26-24(22)28-27-23)17-10-12-19(13-11-17)29-15-16-6-2-1-3-7-16/h1-3,6-7,10-14,19H,4-5,8-9,16H2;1-3,6-7,10-14,18H,4-5,8-9,15H2,(H3,25,26,27,28). The SMILES string of the molecule is N#Cc1c(-c2ccc(OCc3ccccc3)cc2)cc(C2CCCC2)nc1Cl.Nc1[nH]nc2nc(C3CCCC3)cc(-c3ccc(OCc4ccccc4)cc3)c12. The number of hydrogen-bond acceptors (Lipinski definition) is 7. The molecule has 0 unspecified atom stereocenters. The highest BCUT2D eigenvalue weighted by atomic mass is 35.5. The van der Waals surface area contributed by atoms with Gasteiger partial charge in [-0.05, 0) is 89.9 Å². The lowest BCUT2D eigenvalue weighted by atomic mass is 9.96. The van der Waals surface area contributed by atoms with Crippen LogP contribution in [0.5, 0.6) is 11.5 Å². The van der Waals surface area contributed by atoms with E-state index in [4.69, 9.17) is 31.8 Å². The van der Waals surface area contributed by atoms with Crippen LogP contribution in [0.25, 0.3) is 33.3 Å². The Morgan fingerprint density at radius 2 is 1.12 bits per heavy atom. The van der Waals surface area contributed by atoms with Crippen LogP contribution in [0, 0.1) is 11.3 Å². The predicted octanol–water partition coefficient (Wildman–Crippen LogP) is 12.0. The summed E-state index contributed by atoms with van der Waals surface area (Å²) in [5.41, 5.74) is 15.7. The molecule has 0 bridgehead atoms. The molecule has 57 heavy (non-hydrogen) atoms. The molecule has 9 rings (SSSR count). The highest BCUT2D eigenvalue weighted by molar-refractivity contribution is 6.31. The highest BCUT2D eigenvalue weighted by Gasteiger charge is 2.23. The highest BCUT2D eigenvalue weighted by Crippen LogP contribution is 2.40. The van der Waals surface area contributed by atoms with Gasteiger partial charge >= 0.3 is 0 Å². The van der Waals surface area contributed by atoms with E-state index in [1.807, 2.05) is 91.0 Å². The maximum absolute atomic E-state index is 9.58. The molecule has 2 aliphatic carbocycles. The first kappa shape index (κ1) is 37.7. The minimum absolute atomic E-state index is 0.298. The summed E-state index contributed by atoms with van der Waals surface area (Å²) in [5.74, 6) is 3.16. The van der Waals surface area contributed by atoms with Gasteiger partial charge in [0.2, 0.25) is 0 Å². The quantitative estimate of drug-likeness (QED) is 0.133. The van der Waals surface area contributed by atoms with E-state index in [1.165, 1.54) is 38.5 Å². The van der Waals surface area contributed by atoms with Gasteiger partial charge in [-0.15, -0.1) is 0 Å². The smallest absolute Gasteiger partial charge is 0.183 e. The van der Waals surface area contributed by atoms with E-state index in [9.17, 15) is 5.26 Å². The number of fused-ring (bicyclic) bond motifs is 1. The first-order valence-corrected chi connectivity index (χ1v) is 20.2. The second-order valence-corrected chi connectivity index (χ2v) is 15.2. The second-order valence-electron chi connectivity index (χ2n) is 14.9. The van der Waals surface area contributed by atoms with E-state index in [-0.39, 0.29) is 0 Å². The molecule has 0 amide bonds. The third-order valence-corrected chi connectivity index (χ3v) is 11.3. The fourth-order valence-corrected chi connectivity index (χ4v) is 8.21. The lowest BCUT2D eigenvalue weighted by molar-refractivity contribution is 0.306. The van der Waals surface area contributed by atoms with E-state index in [0.717, 1.165) is 74.5 Å². The number of ether oxygens (including phenoxy) is 2. The molecule has 9 heteroatoms. The van der Waals surface area contributed by atoms with Crippen molar-refractivity contribution in [3.05, 3.63) is 155 Å². The number of nitrogens with one attached hydrogen (secondary N) is 1. The molecule has 3 aromatic heterocycles. The number of aromatic amines is 1. The fraction of sp³-hybridized carbons (Fsp3) is 0.250. The Morgan fingerprint density at radius 3 is 1.63 bits per heavy atom. The van der Waals surface area contributed by atoms with Crippen molar-refractivity contribution in [2.24, 2.45) is 0 Å². The van der Waals surface area contributed by atoms with Gasteiger partial charge in [0.25, 0.3) is 0 Å². The Hall–Kier alpha value is -6.17. The molecule has 7 aromatic rings. The number of nitrogens with two attached hydrogens (primary N) is 1. The number of nitrogen functional groups attached to an aromatic ring is 1. The van der Waals surface area contributed by atoms with E-state index in [0.29, 0.717) is 47.2 Å².